The molecule has 3 rings (SSSR count). The van der Waals surface area contributed by atoms with E-state index in [9.17, 15) is 4.79 Å². The average molecular weight is 365 g/mol. The van der Waals surface area contributed by atoms with Gasteiger partial charge in [0, 0.05) is 18.7 Å². The van der Waals surface area contributed by atoms with Crippen LogP contribution in [0.15, 0.2) is 42.6 Å². The lowest BCUT2D eigenvalue weighted by Crippen LogP contribution is -2.31. The van der Waals surface area contributed by atoms with Crippen molar-refractivity contribution in [2.45, 2.75) is 25.3 Å². The number of nitrogens with one attached hydrogen (secondary N) is 2. The van der Waals surface area contributed by atoms with Gasteiger partial charge in [0.05, 0.1) is 12.2 Å². The van der Waals surface area contributed by atoms with Gasteiger partial charge in [0.1, 0.15) is 18.9 Å². The third-order valence-electron chi connectivity index (χ3n) is 4.12. The summed E-state index contributed by atoms with van der Waals surface area (Å²) in [5.74, 6) is 1.22. The molecule has 0 radical (unpaired) electrons. The average Bonchev–Trinajstić information content (AvgIpc) is 3.09. The molecule has 136 valence electrons. The topological polar surface area (TPSA) is 68.2 Å². The molecule has 6 nitrogen and oxygen atoms in total. The van der Waals surface area contributed by atoms with Crippen molar-refractivity contribution < 1.29 is 9.53 Å². The Hall–Kier alpha value is -2.05. The molecule has 2 heterocycles. The van der Waals surface area contributed by atoms with Crippen LogP contribution < -0.4 is 15.4 Å². The minimum Gasteiger partial charge on any atom is -0.492 e. The lowest BCUT2D eigenvalue weighted by molar-refractivity contribution is -0.121. The molecule has 1 aliphatic rings. The Morgan fingerprint density at radius 3 is 2.92 bits per heavy atom. The van der Waals surface area contributed by atoms with Crippen LogP contribution in [-0.2, 0) is 11.3 Å². The molecule has 0 spiro atoms. The van der Waals surface area contributed by atoms with Crippen LogP contribution in [0.1, 0.15) is 24.5 Å². The minimum absolute atomic E-state index is 0. The van der Waals surface area contributed by atoms with Crippen LogP contribution in [0, 0.1) is 0 Å². The molecule has 1 amide bonds. The van der Waals surface area contributed by atoms with Crippen LogP contribution in [0.2, 0.25) is 0 Å². The Morgan fingerprint density at radius 2 is 2.16 bits per heavy atom. The van der Waals surface area contributed by atoms with E-state index in [0.29, 0.717) is 19.1 Å². The second-order valence-corrected chi connectivity index (χ2v) is 5.99. The van der Waals surface area contributed by atoms with Crippen molar-refractivity contribution in [1.29, 1.82) is 0 Å². The van der Waals surface area contributed by atoms with Gasteiger partial charge >= 0.3 is 0 Å². The molecule has 0 bridgehead atoms. The maximum atomic E-state index is 12.0. The van der Waals surface area contributed by atoms with E-state index in [-0.39, 0.29) is 24.9 Å². The predicted molar refractivity (Wildman–Crippen MR) is 99.3 cm³/mol. The second kappa shape index (κ2) is 10.1. The van der Waals surface area contributed by atoms with Crippen molar-refractivity contribution in [3.05, 3.63) is 48.3 Å². The van der Waals surface area contributed by atoms with Gasteiger partial charge in [-0.1, -0.05) is 18.2 Å². The Bertz CT molecular complexity index is 642. The Morgan fingerprint density at radius 1 is 1.32 bits per heavy atom. The molecule has 2 aromatic rings. The number of hydrogen-bond acceptors (Lipinski definition) is 4. The van der Waals surface area contributed by atoms with Crippen molar-refractivity contribution in [2.24, 2.45) is 0 Å². The number of benzene rings is 1. The van der Waals surface area contributed by atoms with Crippen molar-refractivity contribution in [1.82, 2.24) is 20.4 Å². The Balaban J connectivity index is 0.00000225. The molecule has 7 heteroatoms. The summed E-state index contributed by atoms with van der Waals surface area (Å²) in [4.78, 5) is 12.0. The van der Waals surface area contributed by atoms with Gasteiger partial charge in [-0.3, -0.25) is 9.48 Å². The zero-order chi connectivity index (χ0) is 16.6. The standard InChI is InChI=1S/C18H24N4O2.ClH/c23-18(20-10-12-24-16-6-2-1-3-7-16)14-22-11-8-17(21-22)15-5-4-9-19-13-15;/h1-3,6-8,11,15,19H,4-5,9-10,12-14H2,(H,20,23);1H. The fraction of sp³-hybridized carbons (Fsp3) is 0.444. The van der Waals surface area contributed by atoms with E-state index >= 15 is 0 Å². The number of amides is 1. The summed E-state index contributed by atoms with van der Waals surface area (Å²) < 4.78 is 7.25. The van der Waals surface area contributed by atoms with Crippen molar-refractivity contribution in [2.75, 3.05) is 26.2 Å². The molecule has 1 saturated heterocycles. The number of para-hydroxylation sites is 1. The summed E-state index contributed by atoms with van der Waals surface area (Å²) in [5, 5.41) is 10.8. The molecule has 0 saturated carbocycles. The number of piperidine rings is 1. The number of halogens is 1. The molecule has 1 unspecified atom stereocenters. The highest BCUT2D eigenvalue weighted by molar-refractivity contribution is 5.85. The van der Waals surface area contributed by atoms with Gasteiger partial charge in [0.2, 0.25) is 5.91 Å². The lowest BCUT2D eigenvalue weighted by atomic mass is 9.97. The SMILES string of the molecule is Cl.O=C(Cn1ccc(C2CCCNC2)n1)NCCOc1ccccc1. The van der Waals surface area contributed by atoms with Crippen LogP contribution in [0.3, 0.4) is 0 Å². The Labute approximate surface area is 154 Å². The quantitative estimate of drug-likeness (QED) is 0.737. The monoisotopic (exact) mass is 364 g/mol. The van der Waals surface area contributed by atoms with E-state index in [4.69, 9.17) is 4.74 Å². The van der Waals surface area contributed by atoms with E-state index in [1.54, 1.807) is 4.68 Å². The third kappa shape index (κ3) is 6.07. The van der Waals surface area contributed by atoms with E-state index in [0.717, 1.165) is 31.0 Å². The normalized spacial score (nSPS) is 16.7. The van der Waals surface area contributed by atoms with E-state index < -0.39 is 0 Å². The van der Waals surface area contributed by atoms with Gasteiger partial charge in [-0.15, -0.1) is 12.4 Å². The summed E-state index contributed by atoms with van der Waals surface area (Å²) in [5.41, 5.74) is 1.07. The Kier molecular flexibility index (Phi) is 7.76. The number of rotatable bonds is 7. The summed E-state index contributed by atoms with van der Waals surface area (Å²) in [6.07, 6.45) is 4.22. The van der Waals surface area contributed by atoms with Crippen LogP contribution >= 0.6 is 12.4 Å². The number of aromatic nitrogens is 2. The summed E-state index contributed by atoms with van der Waals surface area (Å²) in [6, 6.07) is 11.6. The molecule has 1 aromatic heterocycles. The second-order valence-electron chi connectivity index (χ2n) is 5.99. The molecular formula is C18H25ClN4O2. The smallest absolute Gasteiger partial charge is 0.241 e. The van der Waals surface area contributed by atoms with Crippen LogP contribution in [0.5, 0.6) is 5.75 Å². The van der Waals surface area contributed by atoms with Gasteiger partial charge < -0.3 is 15.4 Å². The molecular weight excluding hydrogens is 340 g/mol. The molecule has 0 aliphatic carbocycles. The van der Waals surface area contributed by atoms with Gasteiger partial charge in [0.25, 0.3) is 0 Å². The predicted octanol–water partition coefficient (Wildman–Crippen LogP) is 1.97. The first kappa shape index (κ1) is 19.3. The minimum atomic E-state index is -0.0527. The highest BCUT2D eigenvalue weighted by Crippen LogP contribution is 2.21. The van der Waals surface area contributed by atoms with Crippen molar-refractivity contribution >= 4 is 18.3 Å². The molecule has 1 aliphatic heterocycles. The lowest BCUT2D eigenvalue weighted by Gasteiger charge is -2.20. The first-order valence-corrected chi connectivity index (χ1v) is 8.50. The maximum Gasteiger partial charge on any atom is 0.241 e. The fourth-order valence-electron chi connectivity index (χ4n) is 2.87. The number of ether oxygens (including phenoxy) is 1. The number of nitrogens with zero attached hydrogens (tertiary/aromatic N) is 2. The molecule has 1 atom stereocenters. The summed E-state index contributed by atoms with van der Waals surface area (Å²) in [7, 11) is 0. The van der Waals surface area contributed by atoms with E-state index in [1.165, 1.54) is 6.42 Å². The first-order valence-electron chi connectivity index (χ1n) is 8.50. The van der Waals surface area contributed by atoms with Crippen molar-refractivity contribution in [3.63, 3.8) is 0 Å². The number of hydrogen-bond donors (Lipinski definition) is 2. The largest absolute Gasteiger partial charge is 0.492 e. The molecule has 25 heavy (non-hydrogen) atoms. The summed E-state index contributed by atoms with van der Waals surface area (Å²) >= 11 is 0. The van der Waals surface area contributed by atoms with Gasteiger partial charge in [-0.25, -0.2) is 0 Å². The van der Waals surface area contributed by atoms with Crippen LogP contribution in [-0.4, -0.2) is 41.9 Å². The van der Waals surface area contributed by atoms with Crippen molar-refractivity contribution in [3.8, 4) is 5.75 Å². The van der Waals surface area contributed by atoms with Gasteiger partial charge in [-0.2, -0.15) is 5.10 Å². The molecule has 1 aromatic carbocycles. The molecule has 1 fully saturated rings. The van der Waals surface area contributed by atoms with Crippen LogP contribution in [0.4, 0.5) is 0 Å². The zero-order valence-corrected chi connectivity index (χ0v) is 15.0. The third-order valence-corrected chi connectivity index (χ3v) is 4.12. The van der Waals surface area contributed by atoms with Gasteiger partial charge in [-0.05, 0) is 37.6 Å². The van der Waals surface area contributed by atoms with E-state index in [2.05, 4.69) is 15.7 Å². The zero-order valence-electron chi connectivity index (χ0n) is 14.2. The highest BCUT2D eigenvalue weighted by atomic mass is 35.5. The van der Waals surface area contributed by atoms with E-state index in [1.807, 2.05) is 42.6 Å². The number of carbonyl (C=O) groups is 1. The highest BCUT2D eigenvalue weighted by Gasteiger charge is 2.17. The summed E-state index contributed by atoms with van der Waals surface area (Å²) in [6.45, 7) is 3.23. The molecule has 2 N–H and O–H groups in total. The maximum absolute atomic E-state index is 12.0. The number of carbonyl (C=O) groups excluding carboxylic acids is 1. The first-order chi connectivity index (χ1) is 11.8. The van der Waals surface area contributed by atoms with Crippen LogP contribution in [0.25, 0.3) is 0 Å². The fourth-order valence-corrected chi connectivity index (χ4v) is 2.87. The van der Waals surface area contributed by atoms with Gasteiger partial charge in [0.15, 0.2) is 0 Å².